The van der Waals surface area contributed by atoms with E-state index >= 15 is 0 Å². The predicted molar refractivity (Wildman–Crippen MR) is 73.8 cm³/mol. The van der Waals surface area contributed by atoms with Crippen LogP contribution in [0.1, 0.15) is 40.1 Å². The van der Waals surface area contributed by atoms with Crippen molar-refractivity contribution >= 4 is 11.9 Å². The number of amides is 1. The van der Waals surface area contributed by atoms with E-state index in [1.807, 2.05) is 0 Å². The van der Waals surface area contributed by atoms with Crippen molar-refractivity contribution in [3.8, 4) is 0 Å². The van der Waals surface area contributed by atoms with Gasteiger partial charge in [0.15, 0.2) is 0 Å². The van der Waals surface area contributed by atoms with Gasteiger partial charge in [0.05, 0.1) is 5.56 Å². The molecule has 108 valence electrons. The lowest BCUT2D eigenvalue weighted by Gasteiger charge is -2.14. The van der Waals surface area contributed by atoms with Gasteiger partial charge in [0.1, 0.15) is 5.69 Å². The summed E-state index contributed by atoms with van der Waals surface area (Å²) in [6.45, 7) is 3.95. The van der Waals surface area contributed by atoms with Crippen LogP contribution in [-0.2, 0) is 0 Å². The molecule has 2 N–H and O–H groups in total. The fourth-order valence-electron chi connectivity index (χ4n) is 2.27. The van der Waals surface area contributed by atoms with Crippen LogP contribution in [0.5, 0.6) is 0 Å². The molecule has 1 aromatic rings. The average Bonchev–Trinajstić information content (AvgIpc) is 2.96. The van der Waals surface area contributed by atoms with Crippen molar-refractivity contribution in [1.82, 2.24) is 15.2 Å². The highest BCUT2D eigenvalue weighted by Crippen LogP contribution is 2.07. The Bertz CT molecular complexity index is 467. The van der Waals surface area contributed by atoms with E-state index in [9.17, 15) is 9.59 Å². The highest BCUT2D eigenvalue weighted by molar-refractivity contribution is 5.94. The third kappa shape index (κ3) is 4.03. The van der Waals surface area contributed by atoms with Gasteiger partial charge in [-0.05, 0) is 51.0 Å². The second-order valence-electron chi connectivity index (χ2n) is 4.90. The van der Waals surface area contributed by atoms with Crippen LogP contribution in [0, 0.1) is 0 Å². The molecule has 1 amide bonds. The minimum Gasteiger partial charge on any atom is -0.477 e. The Balaban J connectivity index is 1.72. The van der Waals surface area contributed by atoms with E-state index in [-0.39, 0.29) is 11.6 Å². The molecule has 0 spiro atoms. The molecular weight excluding hydrogens is 258 g/mol. The molecule has 1 fully saturated rings. The number of likely N-dealkylation sites (tertiary alicyclic amines) is 1. The van der Waals surface area contributed by atoms with Crippen LogP contribution in [0.15, 0.2) is 18.3 Å². The highest BCUT2D eigenvalue weighted by Gasteiger charge is 2.11. The first-order valence-electron chi connectivity index (χ1n) is 6.87. The van der Waals surface area contributed by atoms with Gasteiger partial charge in [-0.2, -0.15) is 0 Å². The number of hydrogen-bond donors (Lipinski definition) is 2. The van der Waals surface area contributed by atoms with Gasteiger partial charge < -0.3 is 15.3 Å². The standard InChI is InChI=1S/C14H19N3O3/c18-13(11-4-5-12(14(19)20)16-10-11)15-6-3-9-17-7-1-2-8-17/h4-5,10H,1-3,6-9H2,(H,15,18)(H,19,20). The number of pyridine rings is 1. The van der Waals surface area contributed by atoms with Gasteiger partial charge in [-0.25, -0.2) is 9.78 Å². The molecule has 0 aliphatic carbocycles. The zero-order valence-corrected chi connectivity index (χ0v) is 11.3. The van der Waals surface area contributed by atoms with E-state index in [2.05, 4.69) is 15.2 Å². The van der Waals surface area contributed by atoms with Crippen LogP contribution in [0.3, 0.4) is 0 Å². The van der Waals surface area contributed by atoms with Crippen molar-refractivity contribution in [2.75, 3.05) is 26.2 Å². The number of carboxylic acids is 1. The third-order valence-electron chi connectivity index (χ3n) is 3.38. The molecule has 0 unspecified atom stereocenters. The first-order valence-corrected chi connectivity index (χ1v) is 6.87. The summed E-state index contributed by atoms with van der Waals surface area (Å²) in [5, 5.41) is 11.5. The monoisotopic (exact) mass is 277 g/mol. The van der Waals surface area contributed by atoms with E-state index in [1.54, 1.807) is 0 Å². The van der Waals surface area contributed by atoms with Crippen LogP contribution in [0.25, 0.3) is 0 Å². The fraction of sp³-hybridized carbons (Fsp3) is 0.500. The van der Waals surface area contributed by atoms with Crippen molar-refractivity contribution in [2.45, 2.75) is 19.3 Å². The van der Waals surface area contributed by atoms with Gasteiger partial charge in [-0.3, -0.25) is 4.79 Å². The number of carboxylic acid groups (broad SMARTS) is 1. The van der Waals surface area contributed by atoms with Gasteiger partial charge in [0.25, 0.3) is 5.91 Å². The first-order chi connectivity index (χ1) is 9.66. The summed E-state index contributed by atoms with van der Waals surface area (Å²) in [7, 11) is 0. The predicted octanol–water partition coefficient (Wildman–Crippen LogP) is 0.995. The zero-order valence-electron chi connectivity index (χ0n) is 11.3. The molecule has 0 aromatic carbocycles. The van der Waals surface area contributed by atoms with E-state index in [4.69, 9.17) is 5.11 Å². The topological polar surface area (TPSA) is 82.5 Å². The number of nitrogens with zero attached hydrogens (tertiary/aromatic N) is 2. The molecule has 2 heterocycles. The number of rotatable bonds is 6. The average molecular weight is 277 g/mol. The smallest absolute Gasteiger partial charge is 0.354 e. The van der Waals surface area contributed by atoms with E-state index in [0.29, 0.717) is 12.1 Å². The maximum Gasteiger partial charge on any atom is 0.354 e. The molecule has 1 saturated heterocycles. The normalized spacial score (nSPS) is 15.2. The molecule has 6 heteroatoms. The number of nitrogens with one attached hydrogen (secondary N) is 1. The summed E-state index contributed by atoms with van der Waals surface area (Å²) in [5.74, 6) is -1.31. The number of carbonyl (C=O) groups is 2. The SMILES string of the molecule is O=C(NCCCN1CCCC1)c1ccc(C(=O)O)nc1. The summed E-state index contributed by atoms with van der Waals surface area (Å²) in [6, 6.07) is 2.81. The van der Waals surface area contributed by atoms with Crippen molar-refractivity contribution in [2.24, 2.45) is 0 Å². The Morgan fingerprint density at radius 1 is 1.30 bits per heavy atom. The van der Waals surface area contributed by atoms with E-state index in [1.165, 1.54) is 31.2 Å². The molecular formula is C14H19N3O3. The summed E-state index contributed by atoms with van der Waals surface area (Å²) >= 11 is 0. The third-order valence-corrected chi connectivity index (χ3v) is 3.38. The minimum absolute atomic E-state index is 0.0596. The van der Waals surface area contributed by atoms with Gasteiger partial charge in [0.2, 0.25) is 0 Å². The van der Waals surface area contributed by atoms with E-state index < -0.39 is 5.97 Å². The van der Waals surface area contributed by atoms with Crippen molar-refractivity contribution in [3.63, 3.8) is 0 Å². The summed E-state index contributed by atoms with van der Waals surface area (Å²) in [5.41, 5.74) is 0.326. The maximum absolute atomic E-state index is 11.8. The number of hydrogen-bond acceptors (Lipinski definition) is 4. The van der Waals surface area contributed by atoms with E-state index in [0.717, 1.165) is 26.1 Å². The molecule has 2 rings (SSSR count). The van der Waals surface area contributed by atoms with Crippen LogP contribution in [-0.4, -0.2) is 53.0 Å². The molecule has 20 heavy (non-hydrogen) atoms. The van der Waals surface area contributed by atoms with Crippen molar-refractivity contribution in [3.05, 3.63) is 29.6 Å². The fourth-order valence-corrected chi connectivity index (χ4v) is 2.27. The molecule has 1 aliphatic heterocycles. The Labute approximate surface area is 117 Å². The molecule has 0 saturated carbocycles. The molecule has 6 nitrogen and oxygen atoms in total. The lowest BCUT2D eigenvalue weighted by Crippen LogP contribution is -2.28. The summed E-state index contributed by atoms with van der Waals surface area (Å²) in [6.07, 6.45) is 4.76. The second-order valence-corrected chi connectivity index (χ2v) is 4.90. The Kier molecular flexibility index (Phi) is 5.06. The number of aromatic nitrogens is 1. The van der Waals surface area contributed by atoms with Gasteiger partial charge in [0, 0.05) is 12.7 Å². The minimum atomic E-state index is -1.09. The van der Waals surface area contributed by atoms with Crippen LogP contribution >= 0.6 is 0 Å². The molecule has 1 aliphatic rings. The molecule has 0 bridgehead atoms. The first kappa shape index (κ1) is 14.5. The zero-order chi connectivity index (χ0) is 14.4. The Morgan fingerprint density at radius 2 is 2.05 bits per heavy atom. The maximum atomic E-state index is 11.8. The lowest BCUT2D eigenvalue weighted by molar-refractivity contribution is 0.0689. The van der Waals surface area contributed by atoms with Crippen molar-refractivity contribution < 1.29 is 14.7 Å². The van der Waals surface area contributed by atoms with Crippen LogP contribution < -0.4 is 5.32 Å². The number of carbonyl (C=O) groups excluding carboxylic acids is 1. The quantitative estimate of drug-likeness (QED) is 0.758. The largest absolute Gasteiger partial charge is 0.477 e. The second kappa shape index (κ2) is 7.00. The van der Waals surface area contributed by atoms with Gasteiger partial charge in [-0.15, -0.1) is 0 Å². The lowest BCUT2D eigenvalue weighted by atomic mass is 10.2. The van der Waals surface area contributed by atoms with Crippen molar-refractivity contribution in [1.29, 1.82) is 0 Å². The Hall–Kier alpha value is -1.95. The highest BCUT2D eigenvalue weighted by atomic mass is 16.4. The molecule has 1 aromatic heterocycles. The van der Waals surface area contributed by atoms with Gasteiger partial charge >= 0.3 is 5.97 Å². The Morgan fingerprint density at radius 3 is 2.65 bits per heavy atom. The van der Waals surface area contributed by atoms with Crippen LogP contribution in [0.4, 0.5) is 0 Å². The van der Waals surface area contributed by atoms with Gasteiger partial charge in [-0.1, -0.05) is 0 Å². The molecule has 0 atom stereocenters. The molecule has 0 radical (unpaired) electrons. The van der Waals surface area contributed by atoms with Crippen LogP contribution in [0.2, 0.25) is 0 Å². The summed E-state index contributed by atoms with van der Waals surface area (Å²) in [4.78, 5) is 28.6. The number of aromatic carboxylic acids is 1. The summed E-state index contributed by atoms with van der Waals surface area (Å²) < 4.78 is 0.